The minimum absolute atomic E-state index is 0.270. The van der Waals surface area contributed by atoms with E-state index >= 15 is 0 Å². The second kappa shape index (κ2) is 7.08. The van der Waals surface area contributed by atoms with Crippen LogP contribution < -0.4 is 5.32 Å². The molecule has 2 atom stereocenters. The van der Waals surface area contributed by atoms with E-state index in [2.05, 4.69) is 26.1 Å². The minimum Gasteiger partial charge on any atom is -0.375 e. The molecule has 2 unspecified atom stereocenters. The number of nitrogens with one attached hydrogen (secondary N) is 1. The minimum atomic E-state index is 0.270. The van der Waals surface area contributed by atoms with Crippen molar-refractivity contribution < 1.29 is 4.74 Å². The molecule has 2 fully saturated rings. The molecule has 2 nitrogen and oxygen atoms in total. The van der Waals surface area contributed by atoms with Crippen molar-refractivity contribution in [2.45, 2.75) is 96.2 Å². The van der Waals surface area contributed by atoms with Crippen LogP contribution >= 0.6 is 0 Å². The van der Waals surface area contributed by atoms with Gasteiger partial charge in [0.25, 0.3) is 0 Å². The van der Waals surface area contributed by atoms with Crippen LogP contribution in [-0.2, 0) is 4.74 Å². The van der Waals surface area contributed by atoms with Crippen LogP contribution in [0.5, 0.6) is 0 Å². The lowest BCUT2D eigenvalue weighted by atomic mass is 9.79. The van der Waals surface area contributed by atoms with E-state index in [1.807, 2.05) is 0 Å². The zero-order valence-corrected chi connectivity index (χ0v) is 13.2. The smallest absolute Gasteiger partial charge is 0.0685 e. The normalized spacial score (nSPS) is 28.1. The standard InChI is InChI=1S/C17H33NO/c1-4-5-8-16(18-14(2)3)15-9-12-19-17(13-15)10-6-7-11-17/h14-16,18H,4-13H2,1-3H3. The highest BCUT2D eigenvalue weighted by Crippen LogP contribution is 2.43. The SMILES string of the molecule is CCCCC(NC(C)C)C1CCOC2(CCCC2)C1. The molecule has 1 saturated carbocycles. The summed E-state index contributed by atoms with van der Waals surface area (Å²) in [6.07, 6.45) is 12.0. The van der Waals surface area contributed by atoms with Crippen LogP contribution in [0.4, 0.5) is 0 Å². The van der Waals surface area contributed by atoms with Gasteiger partial charge >= 0.3 is 0 Å². The zero-order chi connectivity index (χ0) is 13.7. The van der Waals surface area contributed by atoms with E-state index in [0.717, 1.165) is 12.5 Å². The van der Waals surface area contributed by atoms with E-state index in [1.54, 1.807) is 0 Å². The first-order valence-electron chi connectivity index (χ1n) is 8.55. The molecule has 1 heterocycles. The molecule has 2 rings (SSSR count). The van der Waals surface area contributed by atoms with E-state index in [1.165, 1.54) is 57.8 Å². The van der Waals surface area contributed by atoms with Crippen molar-refractivity contribution in [3.8, 4) is 0 Å². The van der Waals surface area contributed by atoms with Crippen LogP contribution in [0.25, 0.3) is 0 Å². The van der Waals surface area contributed by atoms with Crippen molar-refractivity contribution in [2.75, 3.05) is 6.61 Å². The van der Waals surface area contributed by atoms with Gasteiger partial charge in [-0.2, -0.15) is 0 Å². The molecular formula is C17H33NO. The van der Waals surface area contributed by atoms with Gasteiger partial charge in [-0.1, -0.05) is 46.5 Å². The second-order valence-corrected chi connectivity index (χ2v) is 7.06. The van der Waals surface area contributed by atoms with Crippen LogP contribution in [0, 0.1) is 5.92 Å². The fraction of sp³-hybridized carbons (Fsp3) is 1.00. The average Bonchev–Trinajstić information content (AvgIpc) is 2.82. The number of hydrogen-bond acceptors (Lipinski definition) is 2. The predicted octanol–water partition coefficient (Wildman–Crippen LogP) is 4.28. The molecule has 2 heteroatoms. The predicted molar refractivity (Wildman–Crippen MR) is 81.5 cm³/mol. The van der Waals surface area contributed by atoms with Gasteiger partial charge < -0.3 is 10.1 Å². The average molecular weight is 267 g/mol. The Morgan fingerprint density at radius 2 is 2.00 bits per heavy atom. The van der Waals surface area contributed by atoms with Crippen molar-refractivity contribution >= 4 is 0 Å². The van der Waals surface area contributed by atoms with Gasteiger partial charge in [-0.15, -0.1) is 0 Å². The number of rotatable bonds is 6. The Morgan fingerprint density at radius 3 is 2.63 bits per heavy atom. The Hall–Kier alpha value is -0.0800. The molecule has 1 N–H and O–H groups in total. The van der Waals surface area contributed by atoms with Gasteiger partial charge in [0, 0.05) is 18.7 Å². The van der Waals surface area contributed by atoms with Gasteiger partial charge in [-0.3, -0.25) is 0 Å². The molecule has 1 aliphatic heterocycles. The third-order valence-electron chi connectivity index (χ3n) is 5.03. The summed E-state index contributed by atoms with van der Waals surface area (Å²) < 4.78 is 6.19. The Kier molecular flexibility index (Phi) is 5.70. The Balaban J connectivity index is 1.94. The van der Waals surface area contributed by atoms with E-state index in [9.17, 15) is 0 Å². The van der Waals surface area contributed by atoms with Gasteiger partial charge in [0.1, 0.15) is 0 Å². The summed E-state index contributed by atoms with van der Waals surface area (Å²) in [6, 6.07) is 1.31. The summed E-state index contributed by atoms with van der Waals surface area (Å²) in [7, 11) is 0. The third-order valence-corrected chi connectivity index (χ3v) is 5.03. The third kappa shape index (κ3) is 4.19. The van der Waals surface area contributed by atoms with E-state index in [4.69, 9.17) is 4.74 Å². The van der Waals surface area contributed by atoms with Crippen molar-refractivity contribution in [1.82, 2.24) is 5.32 Å². The molecule has 112 valence electrons. The van der Waals surface area contributed by atoms with Crippen molar-refractivity contribution in [1.29, 1.82) is 0 Å². The van der Waals surface area contributed by atoms with Crippen LogP contribution in [0.3, 0.4) is 0 Å². The van der Waals surface area contributed by atoms with Crippen LogP contribution in [0.1, 0.15) is 78.6 Å². The molecule has 0 amide bonds. The number of ether oxygens (including phenoxy) is 1. The molecule has 0 bridgehead atoms. The molecule has 1 spiro atoms. The lowest BCUT2D eigenvalue weighted by Crippen LogP contribution is -2.47. The maximum absolute atomic E-state index is 6.19. The van der Waals surface area contributed by atoms with Crippen molar-refractivity contribution in [2.24, 2.45) is 5.92 Å². The first kappa shape index (κ1) is 15.3. The van der Waals surface area contributed by atoms with Crippen molar-refractivity contribution in [3.63, 3.8) is 0 Å². The lowest BCUT2D eigenvalue weighted by molar-refractivity contribution is -0.0987. The lowest BCUT2D eigenvalue weighted by Gasteiger charge is -2.42. The largest absolute Gasteiger partial charge is 0.375 e. The molecule has 0 aromatic rings. The van der Waals surface area contributed by atoms with Crippen LogP contribution in [0.15, 0.2) is 0 Å². The fourth-order valence-electron chi connectivity index (χ4n) is 4.08. The highest BCUT2D eigenvalue weighted by Gasteiger charge is 2.41. The molecule has 1 aliphatic carbocycles. The molecular weight excluding hydrogens is 234 g/mol. The molecule has 1 saturated heterocycles. The topological polar surface area (TPSA) is 21.3 Å². The molecule has 0 aromatic carbocycles. The Bertz CT molecular complexity index is 258. The Labute approximate surface area is 119 Å². The van der Waals surface area contributed by atoms with Gasteiger partial charge in [0.05, 0.1) is 5.60 Å². The van der Waals surface area contributed by atoms with Gasteiger partial charge in [-0.25, -0.2) is 0 Å². The monoisotopic (exact) mass is 267 g/mol. The van der Waals surface area contributed by atoms with Crippen molar-refractivity contribution in [3.05, 3.63) is 0 Å². The summed E-state index contributed by atoms with van der Waals surface area (Å²) in [4.78, 5) is 0. The number of unbranched alkanes of at least 4 members (excludes halogenated alkanes) is 1. The van der Waals surface area contributed by atoms with Gasteiger partial charge in [0.2, 0.25) is 0 Å². The molecule has 0 aromatic heterocycles. The summed E-state index contributed by atoms with van der Waals surface area (Å²) in [5, 5.41) is 3.84. The fourth-order valence-corrected chi connectivity index (χ4v) is 4.08. The summed E-state index contributed by atoms with van der Waals surface area (Å²) >= 11 is 0. The summed E-state index contributed by atoms with van der Waals surface area (Å²) in [5.41, 5.74) is 0.270. The van der Waals surface area contributed by atoms with Crippen LogP contribution in [0.2, 0.25) is 0 Å². The first-order chi connectivity index (χ1) is 9.15. The van der Waals surface area contributed by atoms with E-state index in [-0.39, 0.29) is 5.60 Å². The quantitative estimate of drug-likeness (QED) is 0.775. The maximum atomic E-state index is 6.19. The highest BCUT2D eigenvalue weighted by molar-refractivity contribution is 4.94. The Morgan fingerprint density at radius 1 is 1.26 bits per heavy atom. The van der Waals surface area contributed by atoms with E-state index < -0.39 is 0 Å². The summed E-state index contributed by atoms with van der Waals surface area (Å²) in [6.45, 7) is 7.86. The number of hydrogen-bond donors (Lipinski definition) is 1. The van der Waals surface area contributed by atoms with Gasteiger partial charge in [0.15, 0.2) is 0 Å². The molecule has 19 heavy (non-hydrogen) atoms. The first-order valence-corrected chi connectivity index (χ1v) is 8.55. The molecule has 0 radical (unpaired) electrons. The second-order valence-electron chi connectivity index (χ2n) is 7.06. The van der Waals surface area contributed by atoms with Crippen LogP contribution in [-0.4, -0.2) is 24.3 Å². The highest BCUT2D eigenvalue weighted by atomic mass is 16.5. The van der Waals surface area contributed by atoms with E-state index in [0.29, 0.717) is 12.1 Å². The maximum Gasteiger partial charge on any atom is 0.0685 e. The van der Waals surface area contributed by atoms with Gasteiger partial charge in [-0.05, 0) is 38.0 Å². The molecule has 2 aliphatic rings. The zero-order valence-electron chi connectivity index (χ0n) is 13.2. The summed E-state index contributed by atoms with van der Waals surface area (Å²) in [5.74, 6) is 0.834.